The van der Waals surface area contributed by atoms with Gasteiger partial charge in [-0.25, -0.2) is 9.67 Å². The number of halogens is 1. The third-order valence-corrected chi connectivity index (χ3v) is 3.72. The highest BCUT2D eigenvalue weighted by Crippen LogP contribution is 2.11. The van der Waals surface area contributed by atoms with E-state index in [4.69, 9.17) is 0 Å². The lowest BCUT2D eigenvalue weighted by molar-refractivity contribution is 0.102. The van der Waals surface area contributed by atoms with Crippen LogP contribution in [0.4, 0.5) is 5.95 Å². The molecule has 7 heteroatoms. The quantitative estimate of drug-likeness (QED) is 0.764. The van der Waals surface area contributed by atoms with Crippen LogP contribution in [0.25, 0.3) is 0 Å². The molecular weight excluding hydrogens is 358 g/mol. The van der Waals surface area contributed by atoms with Crippen LogP contribution in [-0.4, -0.2) is 25.7 Å². The van der Waals surface area contributed by atoms with Crippen LogP contribution < -0.4 is 5.32 Å². The molecule has 3 aromatic rings. The zero-order valence-corrected chi connectivity index (χ0v) is 14.0. The summed E-state index contributed by atoms with van der Waals surface area (Å²) in [6.07, 6.45) is 3.12. The second kappa shape index (κ2) is 6.70. The summed E-state index contributed by atoms with van der Waals surface area (Å²) >= 11 is 3.40. The Morgan fingerprint density at radius 3 is 2.65 bits per heavy atom. The Hall–Kier alpha value is -2.54. The highest BCUT2D eigenvalue weighted by atomic mass is 79.9. The number of anilines is 1. The highest BCUT2D eigenvalue weighted by Gasteiger charge is 2.09. The molecule has 3 rings (SSSR count). The van der Waals surface area contributed by atoms with E-state index in [1.54, 1.807) is 23.1 Å². The number of hydrogen-bond acceptors (Lipinski definition) is 4. The molecule has 1 amide bonds. The van der Waals surface area contributed by atoms with Crippen LogP contribution >= 0.6 is 15.9 Å². The van der Waals surface area contributed by atoms with E-state index in [1.165, 1.54) is 6.20 Å². The number of aromatic nitrogens is 4. The van der Waals surface area contributed by atoms with Crippen molar-refractivity contribution in [2.45, 2.75) is 13.5 Å². The minimum Gasteiger partial charge on any atom is -0.289 e. The van der Waals surface area contributed by atoms with Gasteiger partial charge in [-0.05, 0) is 36.8 Å². The van der Waals surface area contributed by atoms with Crippen molar-refractivity contribution < 1.29 is 4.79 Å². The maximum Gasteiger partial charge on any atom is 0.259 e. The molecule has 0 spiro atoms. The Kier molecular flexibility index (Phi) is 4.47. The van der Waals surface area contributed by atoms with E-state index < -0.39 is 0 Å². The average Bonchev–Trinajstić information content (AvgIpc) is 2.97. The van der Waals surface area contributed by atoms with Gasteiger partial charge in [-0.15, -0.1) is 5.10 Å². The van der Waals surface area contributed by atoms with Gasteiger partial charge in [0.05, 0.1) is 12.1 Å². The zero-order chi connectivity index (χ0) is 16.2. The van der Waals surface area contributed by atoms with E-state index in [0.717, 1.165) is 15.7 Å². The number of amides is 1. The second-order valence-corrected chi connectivity index (χ2v) is 5.95. The lowest BCUT2D eigenvalue weighted by atomic mass is 10.2. The Morgan fingerprint density at radius 2 is 1.96 bits per heavy atom. The SMILES string of the molecule is Cc1ccc(C(=O)Nc2ncn(Cc3ccc(Br)cc3)n2)cn1. The third kappa shape index (κ3) is 4.01. The van der Waals surface area contributed by atoms with E-state index in [2.05, 4.69) is 36.3 Å². The van der Waals surface area contributed by atoms with Gasteiger partial charge >= 0.3 is 0 Å². The van der Waals surface area contributed by atoms with Crippen molar-refractivity contribution in [3.63, 3.8) is 0 Å². The van der Waals surface area contributed by atoms with Crippen molar-refractivity contribution in [2.24, 2.45) is 0 Å². The lowest BCUT2D eigenvalue weighted by Gasteiger charge is -2.02. The minimum absolute atomic E-state index is 0.271. The molecule has 2 heterocycles. The van der Waals surface area contributed by atoms with Crippen molar-refractivity contribution >= 4 is 27.8 Å². The first-order valence-electron chi connectivity index (χ1n) is 6.98. The molecule has 6 nitrogen and oxygen atoms in total. The van der Waals surface area contributed by atoms with Crippen molar-refractivity contribution in [1.29, 1.82) is 0 Å². The van der Waals surface area contributed by atoms with Crippen molar-refractivity contribution in [3.8, 4) is 0 Å². The molecule has 2 aromatic heterocycles. The number of pyridine rings is 1. The third-order valence-electron chi connectivity index (χ3n) is 3.19. The Morgan fingerprint density at radius 1 is 1.17 bits per heavy atom. The lowest BCUT2D eigenvalue weighted by Crippen LogP contribution is -2.13. The van der Waals surface area contributed by atoms with Gasteiger partial charge < -0.3 is 0 Å². The van der Waals surface area contributed by atoms with Gasteiger partial charge in [0.15, 0.2) is 0 Å². The molecule has 0 fully saturated rings. The standard InChI is InChI=1S/C16H14BrN5O/c1-11-2-5-13(8-18-11)15(23)20-16-19-10-22(21-16)9-12-3-6-14(17)7-4-12/h2-8,10H,9H2,1H3,(H,20,21,23). The number of nitrogens with zero attached hydrogens (tertiary/aromatic N) is 4. The van der Waals surface area contributed by atoms with Gasteiger partial charge in [-0.2, -0.15) is 0 Å². The van der Waals surface area contributed by atoms with Crippen LogP contribution in [0.15, 0.2) is 53.4 Å². The number of rotatable bonds is 4. The fourth-order valence-corrected chi connectivity index (χ4v) is 2.25. The number of carbonyl (C=O) groups is 1. The van der Waals surface area contributed by atoms with Crippen LogP contribution in [0.3, 0.4) is 0 Å². The molecule has 1 N–H and O–H groups in total. The summed E-state index contributed by atoms with van der Waals surface area (Å²) in [5.74, 6) is -0.00780. The molecule has 0 bridgehead atoms. The maximum atomic E-state index is 12.1. The van der Waals surface area contributed by atoms with Gasteiger partial charge in [-0.1, -0.05) is 28.1 Å². The number of nitrogens with one attached hydrogen (secondary N) is 1. The zero-order valence-electron chi connectivity index (χ0n) is 12.4. The summed E-state index contributed by atoms with van der Waals surface area (Å²) in [5.41, 5.74) is 2.43. The van der Waals surface area contributed by atoms with Crippen molar-refractivity contribution in [3.05, 3.63) is 70.2 Å². The fourth-order valence-electron chi connectivity index (χ4n) is 1.98. The number of aryl methyl sites for hydroxylation is 1. The molecular formula is C16H14BrN5O. The van der Waals surface area contributed by atoms with Gasteiger partial charge in [0.1, 0.15) is 6.33 Å². The Bertz CT molecular complexity index is 811. The van der Waals surface area contributed by atoms with E-state index >= 15 is 0 Å². The topological polar surface area (TPSA) is 72.7 Å². The fraction of sp³-hybridized carbons (Fsp3) is 0.125. The van der Waals surface area contributed by atoms with Gasteiger partial charge in [0.25, 0.3) is 5.91 Å². The minimum atomic E-state index is -0.279. The Labute approximate surface area is 141 Å². The van der Waals surface area contributed by atoms with Gasteiger partial charge in [0.2, 0.25) is 5.95 Å². The van der Waals surface area contributed by atoms with Crippen LogP contribution in [0.1, 0.15) is 21.6 Å². The molecule has 0 saturated heterocycles. The van der Waals surface area contributed by atoms with E-state index in [0.29, 0.717) is 12.1 Å². The predicted octanol–water partition coefficient (Wildman–Crippen LogP) is 3.04. The van der Waals surface area contributed by atoms with Gasteiger partial charge in [-0.3, -0.25) is 15.1 Å². The molecule has 0 aliphatic carbocycles. The first-order valence-corrected chi connectivity index (χ1v) is 7.77. The normalized spacial score (nSPS) is 10.5. The summed E-state index contributed by atoms with van der Waals surface area (Å²) in [4.78, 5) is 20.3. The molecule has 23 heavy (non-hydrogen) atoms. The molecule has 0 aliphatic heterocycles. The average molecular weight is 372 g/mol. The van der Waals surface area contributed by atoms with E-state index in [-0.39, 0.29) is 11.9 Å². The van der Waals surface area contributed by atoms with Crippen LogP contribution in [-0.2, 0) is 6.54 Å². The van der Waals surface area contributed by atoms with E-state index in [9.17, 15) is 4.79 Å². The van der Waals surface area contributed by atoms with Crippen molar-refractivity contribution in [2.75, 3.05) is 5.32 Å². The first-order chi connectivity index (χ1) is 11.1. The van der Waals surface area contributed by atoms with Crippen LogP contribution in [0.2, 0.25) is 0 Å². The second-order valence-electron chi connectivity index (χ2n) is 5.03. The highest BCUT2D eigenvalue weighted by molar-refractivity contribution is 9.10. The Balaban J connectivity index is 1.66. The van der Waals surface area contributed by atoms with Crippen LogP contribution in [0.5, 0.6) is 0 Å². The molecule has 1 aromatic carbocycles. The summed E-state index contributed by atoms with van der Waals surface area (Å²) in [7, 11) is 0. The molecule has 0 radical (unpaired) electrons. The number of hydrogen-bond donors (Lipinski definition) is 1. The summed E-state index contributed by atoms with van der Waals surface area (Å²) in [6, 6.07) is 11.5. The smallest absolute Gasteiger partial charge is 0.259 e. The maximum absolute atomic E-state index is 12.1. The largest absolute Gasteiger partial charge is 0.289 e. The first kappa shape index (κ1) is 15.4. The molecule has 0 saturated carbocycles. The molecule has 116 valence electrons. The van der Waals surface area contributed by atoms with Crippen molar-refractivity contribution in [1.82, 2.24) is 19.7 Å². The van der Waals surface area contributed by atoms with Gasteiger partial charge in [0, 0.05) is 16.4 Å². The van der Waals surface area contributed by atoms with Crippen LogP contribution in [0, 0.1) is 6.92 Å². The molecule has 0 aliphatic rings. The molecule has 0 atom stereocenters. The summed E-state index contributed by atoms with van der Waals surface area (Å²) in [5, 5.41) is 6.92. The molecule has 0 unspecified atom stereocenters. The monoisotopic (exact) mass is 371 g/mol. The predicted molar refractivity (Wildman–Crippen MR) is 90.2 cm³/mol. The number of benzene rings is 1. The number of carbonyl (C=O) groups excluding carboxylic acids is 1. The summed E-state index contributed by atoms with van der Waals surface area (Å²) < 4.78 is 2.70. The van der Waals surface area contributed by atoms with E-state index in [1.807, 2.05) is 31.2 Å². The summed E-state index contributed by atoms with van der Waals surface area (Å²) in [6.45, 7) is 2.45.